The highest BCUT2D eigenvalue weighted by molar-refractivity contribution is 5.73. The van der Waals surface area contributed by atoms with Crippen molar-refractivity contribution in [3.8, 4) is 5.75 Å². The van der Waals surface area contributed by atoms with E-state index in [1.54, 1.807) is 13.0 Å². The minimum Gasteiger partial charge on any atom is -0.491 e. The Morgan fingerprint density at radius 1 is 1.50 bits per heavy atom. The van der Waals surface area contributed by atoms with Crippen molar-refractivity contribution < 1.29 is 19.0 Å². The van der Waals surface area contributed by atoms with Gasteiger partial charge in [-0.1, -0.05) is 6.07 Å². The van der Waals surface area contributed by atoms with Gasteiger partial charge in [-0.15, -0.1) is 0 Å². The topological polar surface area (TPSA) is 98.6 Å². The number of carboxylic acids is 1. The standard InChI is InChI=1S/C12H17FN2O3/c1-2-18-11-4-3-7(5-8(11)13)9(14)6-10(15)12(16)17/h3-5,9-10H,2,6,14-15H2,1H3,(H,16,17). The zero-order valence-corrected chi connectivity index (χ0v) is 10.1. The molecule has 0 aromatic heterocycles. The lowest BCUT2D eigenvalue weighted by molar-refractivity contribution is -0.138. The molecule has 6 heteroatoms. The van der Waals surface area contributed by atoms with Gasteiger partial charge in [0.2, 0.25) is 0 Å². The maximum atomic E-state index is 13.6. The summed E-state index contributed by atoms with van der Waals surface area (Å²) < 4.78 is 18.6. The maximum absolute atomic E-state index is 13.6. The molecule has 0 heterocycles. The van der Waals surface area contributed by atoms with Crippen molar-refractivity contribution in [1.82, 2.24) is 0 Å². The number of ether oxygens (including phenoxy) is 1. The van der Waals surface area contributed by atoms with Crippen molar-refractivity contribution in [2.45, 2.75) is 25.4 Å². The molecule has 2 unspecified atom stereocenters. The highest BCUT2D eigenvalue weighted by Crippen LogP contribution is 2.23. The lowest BCUT2D eigenvalue weighted by Gasteiger charge is -2.15. The Morgan fingerprint density at radius 3 is 2.67 bits per heavy atom. The van der Waals surface area contributed by atoms with Gasteiger partial charge in [-0.3, -0.25) is 4.79 Å². The summed E-state index contributed by atoms with van der Waals surface area (Å²) in [5.41, 5.74) is 11.6. The largest absolute Gasteiger partial charge is 0.491 e. The molecule has 0 radical (unpaired) electrons. The molecule has 5 N–H and O–H groups in total. The summed E-state index contributed by atoms with van der Waals surface area (Å²) in [6.07, 6.45) is 0.0444. The first-order valence-corrected chi connectivity index (χ1v) is 5.62. The first-order valence-electron chi connectivity index (χ1n) is 5.62. The highest BCUT2D eigenvalue weighted by Gasteiger charge is 2.18. The van der Waals surface area contributed by atoms with Gasteiger partial charge in [0.15, 0.2) is 11.6 Å². The summed E-state index contributed by atoms with van der Waals surface area (Å²) in [5.74, 6) is -1.50. The number of carboxylic acid groups (broad SMARTS) is 1. The summed E-state index contributed by atoms with van der Waals surface area (Å²) in [4.78, 5) is 10.6. The van der Waals surface area contributed by atoms with Gasteiger partial charge in [0, 0.05) is 6.04 Å². The monoisotopic (exact) mass is 256 g/mol. The predicted molar refractivity (Wildman–Crippen MR) is 64.7 cm³/mol. The van der Waals surface area contributed by atoms with E-state index < -0.39 is 23.9 Å². The lowest BCUT2D eigenvalue weighted by atomic mass is 10.0. The summed E-state index contributed by atoms with van der Waals surface area (Å²) in [6, 6.07) is 2.63. The molecule has 2 atom stereocenters. The Bertz CT molecular complexity index is 426. The first-order chi connectivity index (χ1) is 8.45. The van der Waals surface area contributed by atoms with Crippen molar-refractivity contribution in [2.75, 3.05) is 6.61 Å². The minimum absolute atomic E-state index is 0.0444. The molecule has 0 fully saturated rings. The average Bonchev–Trinajstić information content (AvgIpc) is 2.31. The van der Waals surface area contributed by atoms with Gasteiger partial charge in [-0.2, -0.15) is 0 Å². The Morgan fingerprint density at radius 2 is 2.17 bits per heavy atom. The molecule has 0 saturated carbocycles. The lowest BCUT2D eigenvalue weighted by Crippen LogP contribution is -2.33. The summed E-state index contributed by atoms with van der Waals surface area (Å²) in [5, 5.41) is 8.67. The molecule has 1 rings (SSSR count). The van der Waals surface area contributed by atoms with Gasteiger partial charge in [0.1, 0.15) is 6.04 Å². The van der Waals surface area contributed by atoms with Crippen LogP contribution in [0.15, 0.2) is 18.2 Å². The fourth-order valence-corrected chi connectivity index (χ4v) is 1.53. The van der Waals surface area contributed by atoms with E-state index in [0.29, 0.717) is 12.2 Å². The van der Waals surface area contributed by atoms with Gasteiger partial charge < -0.3 is 21.3 Å². The van der Waals surface area contributed by atoms with E-state index in [9.17, 15) is 9.18 Å². The summed E-state index contributed by atoms with van der Waals surface area (Å²) >= 11 is 0. The van der Waals surface area contributed by atoms with Crippen LogP contribution in [0, 0.1) is 5.82 Å². The van der Waals surface area contributed by atoms with E-state index in [1.165, 1.54) is 12.1 Å². The fourth-order valence-electron chi connectivity index (χ4n) is 1.53. The SMILES string of the molecule is CCOc1ccc(C(N)CC(N)C(=O)O)cc1F. The van der Waals surface area contributed by atoms with Crippen molar-refractivity contribution in [3.05, 3.63) is 29.6 Å². The van der Waals surface area contributed by atoms with Crippen LogP contribution in [0.5, 0.6) is 5.75 Å². The van der Waals surface area contributed by atoms with Crippen LogP contribution >= 0.6 is 0 Å². The number of hydrogen-bond acceptors (Lipinski definition) is 4. The smallest absolute Gasteiger partial charge is 0.320 e. The third-order valence-electron chi connectivity index (χ3n) is 2.51. The van der Waals surface area contributed by atoms with E-state index in [1.807, 2.05) is 0 Å². The molecule has 5 nitrogen and oxygen atoms in total. The molecule has 0 spiro atoms. The van der Waals surface area contributed by atoms with E-state index in [-0.39, 0.29) is 12.2 Å². The van der Waals surface area contributed by atoms with E-state index in [0.717, 1.165) is 0 Å². The molecule has 18 heavy (non-hydrogen) atoms. The highest BCUT2D eigenvalue weighted by atomic mass is 19.1. The number of hydrogen-bond donors (Lipinski definition) is 3. The molecule has 0 aliphatic heterocycles. The number of nitrogens with two attached hydrogens (primary N) is 2. The van der Waals surface area contributed by atoms with Crippen LogP contribution in [-0.4, -0.2) is 23.7 Å². The Kier molecular flexibility index (Phi) is 5.06. The van der Waals surface area contributed by atoms with Crippen molar-refractivity contribution in [3.63, 3.8) is 0 Å². The molecular formula is C12H17FN2O3. The molecule has 100 valence electrons. The van der Waals surface area contributed by atoms with Crippen LogP contribution < -0.4 is 16.2 Å². The molecule has 0 saturated heterocycles. The Labute approximate surface area is 105 Å². The van der Waals surface area contributed by atoms with Gasteiger partial charge in [0.05, 0.1) is 6.61 Å². The van der Waals surface area contributed by atoms with Crippen molar-refractivity contribution in [1.29, 1.82) is 0 Å². The van der Waals surface area contributed by atoms with Gasteiger partial charge >= 0.3 is 5.97 Å². The second-order valence-corrected chi connectivity index (χ2v) is 3.91. The van der Waals surface area contributed by atoms with Crippen LogP contribution in [0.2, 0.25) is 0 Å². The van der Waals surface area contributed by atoms with Crippen LogP contribution in [0.3, 0.4) is 0 Å². The molecule has 1 aromatic carbocycles. The fraction of sp³-hybridized carbons (Fsp3) is 0.417. The van der Waals surface area contributed by atoms with Crippen LogP contribution in [0.4, 0.5) is 4.39 Å². The molecule has 1 aromatic rings. The number of halogens is 1. The number of rotatable bonds is 6. The van der Waals surface area contributed by atoms with Crippen LogP contribution in [0.1, 0.15) is 24.9 Å². The molecule has 0 aliphatic rings. The van der Waals surface area contributed by atoms with Gasteiger partial charge in [0.25, 0.3) is 0 Å². The summed E-state index contributed by atoms with van der Waals surface area (Å²) in [6.45, 7) is 2.12. The molecule has 0 bridgehead atoms. The molecule has 0 amide bonds. The second kappa shape index (κ2) is 6.32. The Balaban J connectivity index is 2.77. The van der Waals surface area contributed by atoms with Crippen molar-refractivity contribution >= 4 is 5.97 Å². The van der Waals surface area contributed by atoms with Gasteiger partial charge in [-0.25, -0.2) is 4.39 Å². The maximum Gasteiger partial charge on any atom is 0.320 e. The van der Waals surface area contributed by atoms with Gasteiger partial charge in [-0.05, 0) is 31.0 Å². The molecular weight excluding hydrogens is 239 g/mol. The zero-order chi connectivity index (χ0) is 13.7. The zero-order valence-electron chi connectivity index (χ0n) is 10.1. The predicted octanol–water partition coefficient (Wildman–Crippen LogP) is 1.03. The Hall–Kier alpha value is -1.66. The first kappa shape index (κ1) is 14.4. The normalized spacial score (nSPS) is 14.0. The van der Waals surface area contributed by atoms with E-state index in [2.05, 4.69) is 0 Å². The van der Waals surface area contributed by atoms with Crippen molar-refractivity contribution in [2.24, 2.45) is 11.5 Å². The van der Waals surface area contributed by atoms with Crippen LogP contribution in [-0.2, 0) is 4.79 Å². The molecule has 0 aliphatic carbocycles. The summed E-state index contributed by atoms with van der Waals surface area (Å²) in [7, 11) is 0. The minimum atomic E-state index is -1.13. The quantitative estimate of drug-likeness (QED) is 0.706. The number of aliphatic carboxylic acids is 1. The number of carbonyl (C=O) groups is 1. The third-order valence-corrected chi connectivity index (χ3v) is 2.51. The average molecular weight is 256 g/mol. The van der Waals surface area contributed by atoms with E-state index in [4.69, 9.17) is 21.3 Å². The third kappa shape index (κ3) is 3.68. The second-order valence-electron chi connectivity index (χ2n) is 3.91. The number of benzene rings is 1. The van der Waals surface area contributed by atoms with E-state index >= 15 is 0 Å². The van der Waals surface area contributed by atoms with Crippen LogP contribution in [0.25, 0.3) is 0 Å².